The lowest BCUT2D eigenvalue weighted by molar-refractivity contribution is -0.154. The number of carbonyl (C=O) groups is 2. The molecule has 0 bridgehead atoms. The molecular weight excluding hydrogens is 320 g/mol. The van der Waals surface area contributed by atoms with E-state index in [2.05, 4.69) is 13.0 Å². The van der Waals surface area contributed by atoms with Crippen molar-refractivity contribution in [1.82, 2.24) is 0 Å². The number of allylic oxidation sites excluding steroid dienone is 1. The van der Waals surface area contributed by atoms with E-state index in [1.54, 1.807) is 0 Å². The lowest BCUT2D eigenvalue weighted by atomic mass is 9.47. The Hall–Kier alpha value is -1.46. The third-order valence-electron chi connectivity index (χ3n) is 7.62. The number of carbonyl (C=O) groups excluding carboxylic acids is 2. The van der Waals surface area contributed by atoms with E-state index in [0.29, 0.717) is 19.3 Å². The van der Waals surface area contributed by atoms with Gasteiger partial charge in [0.25, 0.3) is 6.47 Å². The zero-order valence-corrected chi connectivity index (χ0v) is 14.7. The molecule has 3 saturated carbocycles. The minimum atomic E-state index is -0.684. The van der Waals surface area contributed by atoms with E-state index in [0.717, 1.165) is 18.4 Å². The SMILES string of the molecule is C[C@]12CCC3C(C1CC(=O)C2OC=O)[C@@H](O)CC1=C[C@@H](O)C=C[C@@]13C. The van der Waals surface area contributed by atoms with Crippen LogP contribution in [0.3, 0.4) is 0 Å². The highest BCUT2D eigenvalue weighted by molar-refractivity contribution is 5.88. The first-order valence-corrected chi connectivity index (χ1v) is 9.20. The van der Waals surface area contributed by atoms with Crippen LogP contribution in [0, 0.1) is 28.6 Å². The smallest absolute Gasteiger partial charge is 0.293 e. The van der Waals surface area contributed by atoms with E-state index < -0.39 is 23.7 Å². The molecule has 0 aromatic heterocycles. The average molecular weight is 346 g/mol. The van der Waals surface area contributed by atoms with Crippen LogP contribution >= 0.6 is 0 Å². The highest BCUT2D eigenvalue weighted by Gasteiger charge is 2.64. The maximum Gasteiger partial charge on any atom is 0.293 e. The minimum absolute atomic E-state index is 0.00462. The van der Waals surface area contributed by atoms with Crippen molar-refractivity contribution >= 4 is 12.3 Å². The molecule has 4 aliphatic rings. The molecule has 4 unspecified atom stereocenters. The number of fused-ring (bicyclic) bond motifs is 5. The monoisotopic (exact) mass is 346 g/mol. The number of aliphatic hydroxyl groups excluding tert-OH is 2. The van der Waals surface area contributed by atoms with Crippen LogP contribution in [0.4, 0.5) is 0 Å². The zero-order valence-electron chi connectivity index (χ0n) is 14.7. The van der Waals surface area contributed by atoms with Crippen molar-refractivity contribution in [2.24, 2.45) is 28.6 Å². The molecule has 0 aliphatic heterocycles. The van der Waals surface area contributed by atoms with Gasteiger partial charge in [-0.25, -0.2) is 0 Å². The Balaban J connectivity index is 1.72. The molecule has 2 N–H and O–H groups in total. The molecule has 0 amide bonds. The van der Waals surface area contributed by atoms with E-state index in [9.17, 15) is 19.8 Å². The van der Waals surface area contributed by atoms with E-state index in [4.69, 9.17) is 4.74 Å². The second kappa shape index (κ2) is 5.52. The van der Waals surface area contributed by atoms with Crippen molar-refractivity contribution in [2.75, 3.05) is 0 Å². The van der Waals surface area contributed by atoms with Crippen LogP contribution in [-0.4, -0.2) is 40.8 Å². The fourth-order valence-corrected chi connectivity index (χ4v) is 6.33. The van der Waals surface area contributed by atoms with E-state index in [-0.39, 0.29) is 29.0 Å². The number of ether oxygens (including phenoxy) is 1. The van der Waals surface area contributed by atoms with Crippen LogP contribution in [-0.2, 0) is 14.3 Å². The van der Waals surface area contributed by atoms with Crippen LogP contribution in [0.15, 0.2) is 23.8 Å². The quantitative estimate of drug-likeness (QED) is 0.588. The van der Waals surface area contributed by atoms with Crippen molar-refractivity contribution in [3.05, 3.63) is 23.8 Å². The third-order valence-corrected chi connectivity index (χ3v) is 7.62. The standard InChI is InChI=1S/C20H26O5/c1-19-5-3-12(22)7-11(19)8-15(23)17-13(19)4-6-20(2)14(17)9-16(24)18(20)25-10-21/h3,5,7,10,12-15,17-18,22-23H,4,6,8-9H2,1-2H3/t12-,13?,14?,15-,17?,18?,19-,20-/m0/s1. The van der Waals surface area contributed by atoms with Crippen molar-refractivity contribution < 1.29 is 24.5 Å². The molecule has 0 aromatic carbocycles. The highest BCUT2D eigenvalue weighted by Crippen LogP contribution is 2.64. The molecule has 25 heavy (non-hydrogen) atoms. The van der Waals surface area contributed by atoms with Gasteiger partial charge in [0.1, 0.15) is 0 Å². The van der Waals surface area contributed by atoms with Crippen LogP contribution in [0.1, 0.15) is 39.5 Å². The van der Waals surface area contributed by atoms with Crippen molar-refractivity contribution in [2.45, 2.75) is 57.8 Å². The molecule has 0 saturated heterocycles. The van der Waals surface area contributed by atoms with Crippen LogP contribution < -0.4 is 0 Å². The van der Waals surface area contributed by atoms with Gasteiger partial charge in [0, 0.05) is 17.3 Å². The Bertz CT molecular complexity index is 667. The highest BCUT2D eigenvalue weighted by atomic mass is 16.5. The number of aliphatic hydroxyl groups is 2. The van der Waals surface area contributed by atoms with E-state index in [1.807, 2.05) is 19.1 Å². The lowest BCUT2D eigenvalue weighted by Gasteiger charge is -2.58. The normalized spacial score (nSPS) is 51.2. The van der Waals surface area contributed by atoms with Gasteiger partial charge in [-0.15, -0.1) is 0 Å². The first kappa shape index (κ1) is 17.0. The maximum absolute atomic E-state index is 12.5. The van der Waals surface area contributed by atoms with Crippen LogP contribution in [0.2, 0.25) is 0 Å². The molecular formula is C20H26O5. The Morgan fingerprint density at radius 2 is 2.00 bits per heavy atom. The molecule has 0 heterocycles. The second-order valence-electron chi connectivity index (χ2n) is 8.71. The molecule has 5 nitrogen and oxygen atoms in total. The summed E-state index contributed by atoms with van der Waals surface area (Å²) in [5.74, 6) is 0.239. The van der Waals surface area contributed by atoms with Gasteiger partial charge in [-0.05, 0) is 37.0 Å². The van der Waals surface area contributed by atoms with Gasteiger partial charge in [0.15, 0.2) is 11.9 Å². The summed E-state index contributed by atoms with van der Waals surface area (Å²) in [5, 5.41) is 20.9. The van der Waals surface area contributed by atoms with E-state index in [1.165, 1.54) is 0 Å². The van der Waals surface area contributed by atoms with Gasteiger partial charge in [-0.2, -0.15) is 0 Å². The maximum atomic E-state index is 12.5. The summed E-state index contributed by atoms with van der Waals surface area (Å²) >= 11 is 0. The third kappa shape index (κ3) is 2.21. The van der Waals surface area contributed by atoms with Crippen LogP contribution in [0.25, 0.3) is 0 Å². The molecule has 3 fully saturated rings. The number of hydrogen-bond donors (Lipinski definition) is 2. The Kier molecular flexibility index (Phi) is 3.75. The minimum Gasteiger partial charge on any atom is -0.456 e. The van der Waals surface area contributed by atoms with Gasteiger partial charge in [0.2, 0.25) is 0 Å². The predicted molar refractivity (Wildman–Crippen MR) is 90.3 cm³/mol. The van der Waals surface area contributed by atoms with Gasteiger partial charge in [-0.1, -0.05) is 37.6 Å². The summed E-state index contributed by atoms with van der Waals surface area (Å²) in [6.07, 6.45) is 6.55. The van der Waals surface area contributed by atoms with Gasteiger partial charge in [-0.3, -0.25) is 9.59 Å². The number of Topliss-reactive ketones (excluding diaryl/α,β-unsaturated/α-hetero) is 1. The Morgan fingerprint density at radius 3 is 2.72 bits per heavy atom. The topological polar surface area (TPSA) is 83.8 Å². The summed E-state index contributed by atoms with van der Waals surface area (Å²) in [7, 11) is 0. The Labute approximate surface area is 147 Å². The zero-order chi connectivity index (χ0) is 18.0. The first-order chi connectivity index (χ1) is 11.8. The van der Waals surface area contributed by atoms with Crippen molar-refractivity contribution in [1.29, 1.82) is 0 Å². The summed E-state index contributed by atoms with van der Waals surface area (Å²) in [6.45, 7) is 4.60. The van der Waals surface area contributed by atoms with Crippen molar-refractivity contribution in [3.8, 4) is 0 Å². The second-order valence-corrected chi connectivity index (χ2v) is 8.71. The molecule has 8 atom stereocenters. The molecule has 5 heteroatoms. The molecule has 136 valence electrons. The number of hydrogen-bond acceptors (Lipinski definition) is 5. The largest absolute Gasteiger partial charge is 0.456 e. The fraction of sp³-hybridized carbons (Fsp3) is 0.700. The van der Waals surface area contributed by atoms with Gasteiger partial charge >= 0.3 is 0 Å². The summed E-state index contributed by atoms with van der Waals surface area (Å²) in [6, 6.07) is 0. The summed E-state index contributed by atoms with van der Waals surface area (Å²) in [5.41, 5.74) is 0.525. The molecule has 0 aromatic rings. The fourth-order valence-electron chi connectivity index (χ4n) is 6.33. The summed E-state index contributed by atoms with van der Waals surface area (Å²) in [4.78, 5) is 23.4. The first-order valence-electron chi connectivity index (χ1n) is 9.20. The molecule has 4 aliphatic carbocycles. The average Bonchev–Trinajstić information content (AvgIpc) is 2.81. The number of ketones is 1. The predicted octanol–water partition coefficient (Wildman–Crippen LogP) is 1.78. The lowest BCUT2D eigenvalue weighted by Crippen LogP contribution is -2.55. The van der Waals surface area contributed by atoms with Crippen molar-refractivity contribution in [3.63, 3.8) is 0 Å². The Morgan fingerprint density at radius 1 is 1.24 bits per heavy atom. The summed E-state index contributed by atoms with van der Waals surface area (Å²) < 4.78 is 5.18. The number of rotatable bonds is 2. The molecule has 0 radical (unpaired) electrons. The van der Waals surface area contributed by atoms with Crippen LogP contribution in [0.5, 0.6) is 0 Å². The van der Waals surface area contributed by atoms with Gasteiger partial charge in [0.05, 0.1) is 12.2 Å². The molecule has 0 spiro atoms. The van der Waals surface area contributed by atoms with E-state index >= 15 is 0 Å². The van der Waals surface area contributed by atoms with Gasteiger partial charge < -0.3 is 14.9 Å². The molecule has 4 rings (SSSR count).